The van der Waals surface area contributed by atoms with Crippen LogP contribution in [-0.2, 0) is 30.9 Å². The molecule has 1 atom stereocenters. The first-order chi connectivity index (χ1) is 15.4. The molecule has 2 N–H and O–H groups in total. The van der Waals surface area contributed by atoms with Crippen LogP contribution in [-0.4, -0.2) is 63.8 Å². The Balaban J connectivity index is 1.47. The summed E-state index contributed by atoms with van der Waals surface area (Å²) in [5, 5.41) is 1.78. The maximum absolute atomic E-state index is 12.8. The van der Waals surface area contributed by atoms with Crippen molar-refractivity contribution in [3.8, 4) is 5.75 Å². The molecule has 1 fully saturated rings. The van der Waals surface area contributed by atoms with E-state index in [1.165, 1.54) is 12.1 Å². The van der Waals surface area contributed by atoms with Crippen LogP contribution in [0.1, 0.15) is 5.56 Å². The number of rotatable bonds is 6. The van der Waals surface area contributed by atoms with Crippen molar-refractivity contribution in [3.05, 3.63) is 48.0 Å². The summed E-state index contributed by atoms with van der Waals surface area (Å²) in [4.78, 5) is 27.6. The third-order valence-electron chi connectivity index (χ3n) is 5.15. The molecular formula is C21H23N3O6S2. The van der Waals surface area contributed by atoms with E-state index in [1.54, 1.807) is 42.3 Å². The van der Waals surface area contributed by atoms with Gasteiger partial charge in [-0.15, -0.1) is 11.8 Å². The number of morpholine rings is 1. The fraction of sp³-hybridized carbons (Fsp3) is 0.333. The number of nitrogens with one attached hydrogen (secondary N) is 2. The summed E-state index contributed by atoms with van der Waals surface area (Å²) < 4.78 is 38.5. The van der Waals surface area contributed by atoms with E-state index < -0.39 is 21.2 Å². The topological polar surface area (TPSA) is 114 Å². The molecule has 0 saturated carbocycles. The molecule has 2 amide bonds. The largest absolute Gasteiger partial charge is 0.497 e. The zero-order valence-corrected chi connectivity index (χ0v) is 19.0. The van der Waals surface area contributed by atoms with E-state index in [0.29, 0.717) is 42.6 Å². The van der Waals surface area contributed by atoms with E-state index in [9.17, 15) is 18.0 Å². The number of fused-ring (bicyclic) bond motifs is 1. The molecule has 1 saturated heterocycles. The smallest absolute Gasteiger partial charge is 0.247 e. The third-order valence-corrected chi connectivity index (χ3v) is 7.81. The number of thioether (sulfide) groups is 1. The van der Waals surface area contributed by atoms with Crippen molar-refractivity contribution in [2.45, 2.75) is 21.6 Å². The van der Waals surface area contributed by atoms with Crippen molar-refractivity contribution in [3.63, 3.8) is 0 Å². The number of benzene rings is 2. The first-order valence-corrected chi connectivity index (χ1v) is 12.3. The number of carbonyl (C=O) groups excluding carboxylic acids is 2. The minimum absolute atomic E-state index is 0.0259. The quantitative estimate of drug-likeness (QED) is 0.605. The summed E-state index contributed by atoms with van der Waals surface area (Å²) in [6.07, 6.45) is 0. The Labute approximate surface area is 190 Å². The predicted molar refractivity (Wildman–Crippen MR) is 119 cm³/mol. The highest BCUT2D eigenvalue weighted by molar-refractivity contribution is 8.01. The first kappa shape index (κ1) is 22.6. The molecule has 32 heavy (non-hydrogen) atoms. The van der Waals surface area contributed by atoms with Crippen LogP contribution in [0.5, 0.6) is 5.75 Å². The summed E-state index contributed by atoms with van der Waals surface area (Å²) in [7, 11) is -2.27. The van der Waals surface area contributed by atoms with Crippen LogP contribution in [0.15, 0.2) is 52.3 Å². The molecule has 0 unspecified atom stereocenters. The molecule has 2 aliphatic rings. The van der Waals surface area contributed by atoms with Crippen LogP contribution >= 0.6 is 11.8 Å². The van der Waals surface area contributed by atoms with Crippen molar-refractivity contribution in [1.82, 2.24) is 9.62 Å². The minimum Gasteiger partial charge on any atom is -0.497 e. The van der Waals surface area contributed by atoms with Crippen LogP contribution in [0.3, 0.4) is 0 Å². The maximum atomic E-state index is 12.8. The molecule has 0 aromatic heterocycles. The van der Waals surface area contributed by atoms with Crippen molar-refractivity contribution >= 4 is 39.3 Å². The summed E-state index contributed by atoms with van der Waals surface area (Å²) >= 11 is 1.13. The number of hydrogen-bond donors (Lipinski definition) is 2. The lowest BCUT2D eigenvalue weighted by atomic mass is 10.2. The number of anilines is 1. The van der Waals surface area contributed by atoms with Crippen LogP contribution in [0, 0.1) is 0 Å². The number of carbonyl (C=O) groups is 2. The zero-order valence-electron chi connectivity index (χ0n) is 17.4. The Hall–Kier alpha value is -2.60. The summed E-state index contributed by atoms with van der Waals surface area (Å²) in [5.74, 6) is -0.0904. The lowest BCUT2D eigenvalue weighted by molar-refractivity contribution is -0.137. The van der Waals surface area contributed by atoms with E-state index in [4.69, 9.17) is 9.47 Å². The molecule has 0 aliphatic carbocycles. The van der Waals surface area contributed by atoms with Gasteiger partial charge in [0.2, 0.25) is 21.8 Å². The van der Waals surface area contributed by atoms with Crippen molar-refractivity contribution in [2.24, 2.45) is 0 Å². The molecule has 0 spiro atoms. The highest BCUT2D eigenvalue weighted by Gasteiger charge is 2.36. The van der Waals surface area contributed by atoms with Crippen LogP contribution in [0.25, 0.3) is 0 Å². The third kappa shape index (κ3) is 4.90. The van der Waals surface area contributed by atoms with E-state index in [2.05, 4.69) is 10.0 Å². The first-order valence-electron chi connectivity index (χ1n) is 9.98. The minimum atomic E-state index is -3.82. The summed E-state index contributed by atoms with van der Waals surface area (Å²) in [5.41, 5.74) is 1.12. The molecular weight excluding hydrogens is 454 g/mol. The molecule has 9 nitrogen and oxygen atoms in total. The number of nitrogens with zero attached hydrogens (tertiary/aromatic N) is 1. The lowest BCUT2D eigenvalue weighted by Crippen LogP contribution is -2.49. The average molecular weight is 478 g/mol. The average Bonchev–Trinajstić information content (AvgIpc) is 2.82. The highest BCUT2D eigenvalue weighted by atomic mass is 32.2. The van der Waals surface area contributed by atoms with E-state index in [1.807, 2.05) is 0 Å². The van der Waals surface area contributed by atoms with Gasteiger partial charge < -0.3 is 19.7 Å². The van der Waals surface area contributed by atoms with E-state index in [0.717, 1.165) is 17.3 Å². The molecule has 4 rings (SSSR count). The van der Waals surface area contributed by atoms with Crippen LogP contribution in [0.4, 0.5) is 5.69 Å². The summed E-state index contributed by atoms with van der Waals surface area (Å²) in [6, 6.07) is 11.6. The van der Waals surface area contributed by atoms with Crippen molar-refractivity contribution in [1.29, 1.82) is 0 Å². The maximum Gasteiger partial charge on any atom is 0.247 e. The van der Waals surface area contributed by atoms with Gasteiger partial charge in [-0.05, 0) is 35.9 Å². The predicted octanol–water partition coefficient (Wildman–Crippen LogP) is 1.45. The van der Waals surface area contributed by atoms with Gasteiger partial charge in [0.25, 0.3) is 0 Å². The van der Waals surface area contributed by atoms with Gasteiger partial charge in [-0.25, -0.2) is 13.1 Å². The molecule has 2 aromatic carbocycles. The number of methoxy groups -OCH3 is 1. The molecule has 0 bridgehead atoms. The number of amides is 2. The van der Waals surface area contributed by atoms with Gasteiger partial charge in [0.05, 0.1) is 30.9 Å². The van der Waals surface area contributed by atoms with Crippen LogP contribution in [0.2, 0.25) is 0 Å². The fourth-order valence-electron chi connectivity index (χ4n) is 3.41. The van der Waals surface area contributed by atoms with Gasteiger partial charge in [-0.2, -0.15) is 0 Å². The van der Waals surface area contributed by atoms with Crippen LogP contribution < -0.4 is 14.8 Å². The second kappa shape index (κ2) is 9.49. The second-order valence-corrected chi connectivity index (χ2v) is 10.2. The Morgan fingerprint density at radius 1 is 1.25 bits per heavy atom. The molecule has 170 valence electrons. The zero-order chi connectivity index (χ0) is 22.7. The standard InChI is InChI=1S/C21H23N3O6S2/c1-29-15-4-2-3-14(11-15)13-22-32(27,28)16-5-6-18-17(12-16)23-20(25)19(31-18)21(26)24-7-9-30-10-8-24/h2-6,11-12,19,22H,7-10,13H2,1H3,(H,23,25)/t19-/m1/s1. The number of sulfonamides is 1. The van der Waals surface area contributed by atoms with Gasteiger partial charge in [0.15, 0.2) is 5.25 Å². The number of ether oxygens (including phenoxy) is 2. The van der Waals surface area contributed by atoms with Gasteiger partial charge in [-0.1, -0.05) is 12.1 Å². The van der Waals surface area contributed by atoms with Gasteiger partial charge in [0.1, 0.15) is 5.75 Å². The van der Waals surface area contributed by atoms with E-state index in [-0.39, 0.29) is 17.3 Å². The van der Waals surface area contributed by atoms with E-state index >= 15 is 0 Å². The molecule has 2 aromatic rings. The Morgan fingerprint density at radius 2 is 2.03 bits per heavy atom. The highest BCUT2D eigenvalue weighted by Crippen LogP contribution is 2.37. The summed E-state index contributed by atoms with van der Waals surface area (Å²) in [6.45, 7) is 1.89. The second-order valence-electron chi connectivity index (χ2n) is 7.26. The molecule has 11 heteroatoms. The van der Waals surface area contributed by atoms with Crippen molar-refractivity contribution in [2.75, 3.05) is 38.7 Å². The monoisotopic (exact) mass is 477 g/mol. The van der Waals surface area contributed by atoms with Crippen molar-refractivity contribution < 1.29 is 27.5 Å². The normalized spacial score (nSPS) is 18.6. The van der Waals surface area contributed by atoms with Gasteiger partial charge >= 0.3 is 0 Å². The Bertz CT molecular complexity index is 1130. The molecule has 0 radical (unpaired) electrons. The fourth-order valence-corrected chi connectivity index (χ4v) is 5.51. The van der Waals surface area contributed by atoms with Gasteiger partial charge in [-0.3, -0.25) is 9.59 Å². The molecule has 2 aliphatic heterocycles. The Morgan fingerprint density at radius 3 is 2.78 bits per heavy atom. The van der Waals surface area contributed by atoms with Gasteiger partial charge in [0, 0.05) is 24.5 Å². The lowest BCUT2D eigenvalue weighted by Gasteiger charge is -2.31. The SMILES string of the molecule is COc1cccc(CNS(=O)(=O)c2ccc3c(c2)NC(=O)[C@H](C(=O)N2CCOCC2)S3)c1. The number of hydrogen-bond acceptors (Lipinski definition) is 7. The Kier molecular flexibility index (Phi) is 6.70. The molecule has 2 heterocycles.